The molecular formula is C12H13BrN6. The smallest absolute Gasteiger partial charge is 0.155 e. The molecule has 0 fully saturated rings. The second kappa shape index (κ2) is 5.50. The van der Waals surface area contributed by atoms with Crippen molar-refractivity contribution in [2.24, 2.45) is 0 Å². The summed E-state index contributed by atoms with van der Waals surface area (Å²) in [7, 11) is 0. The Hall–Kier alpha value is -1.73. The molecule has 6 nitrogen and oxygen atoms in total. The molecule has 0 aliphatic rings. The summed E-state index contributed by atoms with van der Waals surface area (Å²) in [6, 6.07) is 1.93. The van der Waals surface area contributed by atoms with Crippen LogP contribution in [0.25, 0.3) is 5.65 Å². The van der Waals surface area contributed by atoms with Gasteiger partial charge in [0, 0.05) is 31.7 Å². The molecule has 0 saturated carbocycles. The van der Waals surface area contributed by atoms with E-state index in [0.717, 1.165) is 35.6 Å². The van der Waals surface area contributed by atoms with Gasteiger partial charge in [0.05, 0.1) is 24.6 Å². The van der Waals surface area contributed by atoms with Crippen molar-refractivity contribution in [2.45, 2.75) is 13.1 Å². The van der Waals surface area contributed by atoms with Crippen LogP contribution >= 0.6 is 15.9 Å². The van der Waals surface area contributed by atoms with Gasteiger partial charge in [0.1, 0.15) is 4.60 Å². The van der Waals surface area contributed by atoms with E-state index in [1.807, 2.05) is 33.7 Å². The van der Waals surface area contributed by atoms with Gasteiger partial charge in [-0.15, -0.1) is 0 Å². The van der Waals surface area contributed by atoms with Crippen LogP contribution in [-0.2, 0) is 13.1 Å². The van der Waals surface area contributed by atoms with E-state index < -0.39 is 0 Å². The fraction of sp³-hybridized carbons (Fsp3) is 0.250. The zero-order valence-electron chi connectivity index (χ0n) is 10.2. The molecule has 0 amide bonds. The highest BCUT2D eigenvalue weighted by Gasteiger charge is 2.03. The molecule has 0 aromatic carbocycles. The molecule has 0 saturated heterocycles. The summed E-state index contributed by atoms with van der Waals surface area (Å²) in [6.45, 7) is 2.48. The lowest BCUT2D eigenvalue weighted by Gasteiger charge is -2.05. The summed E-state index contributed by atoms with van der Waals surface area (Å²) in [6.07, 6.45) is 9.28. The van der Waals surface area contributed by atoms with Crippen LogP contribution in [0, 0.1) is 0 Å². The topological polar surface area (TPSA) is 60.0 Å². The maximum absolute atomic E-state index is 4.31. The van der Waals surface area contributed by atoms with E-state index in [-0.39, 0.29) is 0 Å². The Morgan fingerprint density at radius 3 is 3.05 bits per heavy atom. The van der Waals surface area contributed by atoms with E-state index in [0.29, 0.717) is 0 Å². The monoisotopic (exact) mass is 320 g/mol. The van der Waals surface area contributed by atoms with Crippen molar-refractivity contribution in [2.75, 3.05) is 6.54 Å². The van der Waals surface area contributed by atoms with Crippen LogP contribution in [0.2, 0.25) is 0 Å². The predicted octanol–water partition coefficient (Wildman–Crippen LogP) is 1.48. The normalized spacial score (nSPS) is 11.2. The van der Waals surface area contributed by atoms with Gasteiger partial charge in [-0.05, 0) is 22.0 Å². The molecule has 3 aromatic heterocycles. The Kier molecular flexibility index (Phi) is 3.56. The predicted molar refractivity (Wildman–Crippen MR) is 74.6 cm³/mol. The molecule has 3 rings (SSSR count). The third-order valence-electron chi connectivity index (χ3n) is 2.82. The number of nitrogens with zero attached hydrogens (tertiary/aromatic N) is 5. The molecule has 19 heavy (non-hydrogen) atoms. The first-order valence-corrected chi connectivity index (χ1v) is 6.78. The standard InChI is InChI=1S/C12H13BrN6/c13-11-9-19-10(7-16-12(19)8-15-11)6-14-3-5-18-4-1-2-17-18/h1-2,4,7-9,14H,3,5-6H2. The SMILES string of the molecule is Brc1cn2c(CNCCn3cccn3)cnc2cn1. The molecule has 98 valence electrons. The average Bonchev–Trinajstić information content (AvgIpc) is 3.04. The first-order valence-electron chi connectivity index (χ1n) is 5.98. The summed E-state index contributed by atoms with van der Waals surface area (Å²) in [5, 5.41) is 7.54. The molecule has 0 aliphatic heterocycles. The van der Waals surface area contributed by atoms with Crippen LogP contribution in [0.5, 0.6) is 0 Å². The van der Waals surface area contributed by atoms with Gasteiger partial charge in [0.25, 0.3) is 0 Å². The van der Waals surface area contributed by atoms with Gasteiger partial charge in [-0.2, -0.15) is 5.10 Å². The van der Waals surface area contributed by atoms with E-state index in [2.05, 4.69) is 36.3 Å². The summed E-state index contributed by atoms with van der Waals surface area (Å²) >= 11 is 3.37. The molecule has 3 aromatic rings. The number of fused-ring (bicyclic) bond motifs is 1. The molecule has 0 unspecified atom stereocenters. The highest BCUT2D eigenvalue weighted by atomic mass is 79.9. The number of hydrogen-bond donors (Lipinski definition) is 1. The van der Waals surface area contributed by atoms with Gasteiger partial charge < -0.3 is 5.32 Å². The molecule has 3 heterocycles. The number of halogens is 1. The van der Waals surface area contributed by atoms with Gasteiger partial charge in [-0.3, -0.25) is 9.08 Å². The fourth-order valence-corrected chi connectivity index (χ4v) is 2.20. The fourth-order valence-electron chi connectivity index (χ4n) is 1.89. The Morgan fingerprint density at radius 2 is 2.21 bits per heavy atom. The third-order valence-corrected chi connectivity index (χ3v) is 3.23. The molecule has 0 spiro atoms. The number of rotatable bonds is 5. The maximum atomic E-state index is 4.31. The van der Waals surface area contributed by atoms with Crippen molar-refractivity contribution < 1.29 is 0 Å². The quantitative estimate of drug-likeness (QED) is 0.723. The largest absolute Gasteiger partial charge is 0.309 e. The summed E-state index contributed by atoms with van der Waals surface area (Å²) in [5.41, 5.74) is 1.96. The lowest BCUT2D eigenvalue weighted by Crippen LogP contribution is -2.20. The maximum Gasteiger partial charge on any atom is 0.155 e. The number of nitrogens with one attached hydrogen (secondary N) is 1. The van der Waals surface area contributed by atoms with Crippen LogP contribution in [0.15, 0.2) is 41.7 Å². The van der Waals surface area contributed by atoms with E-state index in [4.69, 9.17) is 0 Å². The van der Waals surface area contributed by atoms with Crippen molar-refractivity contribution in [1.82, 2.24) is 29.5 Å². The minimum absolute atomic E-state index is 0.763. The summed E-state index contributed by atoms with van der Waals surface area (Å²) in [5.74, 6) is 0. The zero-order valence-corrected chi connectivity index (χ0v) is 11.8. The number of aromatic nitrogens is 5. The third kappa shape index (κ3) is 2.82. The van der Waals surface area contributed by atoms with Crippen LogP contribution in [0.1, 0.15) is 5.69 Å². The molecule has 0 atom stereocenters. The second-order valence-electron chi connectivity index (χ2n) is 4.13. The number of imidazole rings is 1. The lowest BCUT2D eigenvalue weighted by atomic mass is 10.4. The minimum atomic E-state index is 0.763. The van der Waals surface area contributed by atoms with Crippen LogP contribution in [0.4, 0.5) is 0 Å². The van der Waals surface area contributed by atoms with Gasteiger partial charge in [0.2, 0.25) is 0 Å². The Balaban J connectivity index is 1.60. The van der Waals surface area contributed by atoms with Crippen LogP contribution < -0.4 is 5.32 Å². The van der Waals surface area contributed by atoms with Crippen molar-refractivity contribution in [3.8, 4) is 0 Å². The first-order chi connectivity index (χ1) is 9.33. The van der Waals surface area contributed by atoms with Crippen LogP contribution in [-0.4, -0.2) is 30.7 Å². The van der Waals surface area contributed by atoms with Crippen molar-refractivity contribution in [3.63, 3.8) is 0 Å². The van der Waals surface area contributed by atoms with Gasteiger partial charge in [0.15, 0.2) is 5.65 Å². The zero-order chi connectivity index (χ0) is 13.1. The molecular weight excluding hydrogens is 308 g/mol. The van der Waals surface area contributed by atoms with Gasteiger partial charge >= 0.3 is 0 Å². The minimum Gasteiger partial charge on any atom is -0.309 e. The van der Waals surface area contributed by atoms with Crippen molar-refractivity contribution >= 4 is 21.6 Å². The lowest BCUT2D eigenvalue weighted by molar-refractivity contribution is 0.550. The number of hydrogen-bond acceptors (Lipinski definition) is 4. The van der Waals surface area contributed by atoms with Crippen molar-refractivity contribution in [1.29, 1.82) is 0 Å². The molecule has 7 heteroatoms. The highest BCUT2D eigenvalue weighted by molar-refractivity contribution is 9.10. The van der Waals surface area contributed by atoms with Crippen LogP contribution in [0.3, 0.4) is 0 Å². The van der Waals surface area contributed by atoms with E-state index in [1.165, 1.54) is 0 Å². The van der Waals surface area contributed by atoms with E-state index in [1.54, 1.807) is 12.4 Å². The highest BCUT2D eigenvalue weighted by Crippen LogP contribution is 2.10. The Bertz CT molecular complexity index is 660. The molecule has 1 N–H and O–H groups in total. The Labute approximate surface area is 118 Å². The summed E-state index contributed by atoms with van der Waals surface area (Å²) in [4.78, 5) is 8.46. The summed E-state index contributed by atoms with van der Waals surface area (Å²) < 4.78 is 4.73. The van der Waals surface area contributed by atoms with Gasteiger partial charge in [-0.1, -0.05) is 0 Å². The molecule has 0 aliphatic carbocycles. The van der Waals surface area contributed by atoms with E-state index in [9.17, 15) is 0 Å². The van der Waals surface area contributed by atoms with Gasteiger partial charge in [-0.25, -0.2) is 9.97 Å². The van der Waals surface area contributed by atoms with Crippen molar-refractivity contribution in [3.05, 3.63) is 47.3 Å². The molecule has 0 radical (unpaired) electrons. The first kappa shape index (κ1) is 12.3. The van der Waals surface area contributed by atoms with E-state index >= 15 is 0 Å². The average molecular weight is 321 g/mol. The second-order valence-corrected chi connectivity index (χ2v) is 4.95. The Morgan fingerprint density at radius 1 is 1.26 bits per heavy atom. The molecule has 0 bridgehead atoms.